The highest BCUT2D eigenvalue weighted by Gasteiger charge is 2.21. The molecule has 3 aromatic rings. The van der Waals surface area contributed by atoms with Crippen LogP contribution >= 0.6 is 34.5 Å². The van der Waals surface area contributed by atoms with Gasteiger partial charge in [0.05, 0.1) is 4.34 Å². The van der Waals surface area contributed by atoms with Crippen molar-refractivity contribution in [2.75, 3.05) is 0 Å². The van der Waals surface area contributed by atoms with Crippen molar-refractivity contribution in [3.05, 3.63) is 68.3 Å². The van der Waals surface area contributed by atoms with Crippen LogP contribution in [-0.2, 0) is 0 Å². The van der Waals surface area contributed by atoms with E-state index in [0.717, 1.165) is 16.9 Å². The molecule has 2 aromatic carbocycles. The summed E-state index contributed by atoms with van der Waals surface area (Å²) in [7, 11) is 0. The van der Waals surface area contributed by atoms with Crippen molar-refractivity contribution < 1.29 is 4.74 Å². The number of rotatable bonds is 1. The van der Waals surface area contributed by atoms with Crippen LogP contribution < -0.4 is 4.74 Å². The van der Waals surface area contributed by atoms with E-state index in [4.69, 9.17) is 27.9 Å². The van der Waals surface area contributed by atoms with Gasteiger partial charge < -0.3 is 4.74 Å². The summed E-state index contributed by atoms with van der Waals surface area (Å²) in [4.78, 5) is 0. The fourth-order valence-electron chi connectivity index (χ4n) is 2.62. The second-order valence-corrected chi connectivity index (χ2v) is 7.16. The van der Waals surface area contributed by atoms with E-state index in [2.05, 4.69) is 24.3 Å². The summed E-state index contributed by atoms with van der Waals surface area (Å²) in [6.45, 7) is 0. The van der Waals surface area contributed by atoms with Crippen LogP contribution in [0.3, 0.4) is 0 Å². The lowest BCUT2D eigenvalue weighted by Crippen LogP contribution is -2.08. The predicted octanol–water partition coefficient (Wildman–Crippen LogP) is 6.36. The zero-order valence-electron chi connectivity index (χ0n) is 10.8. The lowest BCUT2D eigenvalue weighted by atomic mass is 10.00. The molecule has 4 heteroatoms. The van der Waals surface area contributed by atoms with Crippen molar-refractivity contribution in [2.24, 2.45) is 0 Å². The van der Waals surface area contributed by atoms with Crippen molar-refractivity contribution in [1.29, 1.82) is 0 Å². The van der Waals surface area contributed by atoms with E-state index in [1.807, 2.05) is 30.3 Å². The van der Waals surface area contributed by atoms with Gasteiger partial charge in [-0.25, -0.2) is 0 Å². The van der Waals surface area contributed by atoms with Gasteiger partial charge in [-0.3, -0.25) is 0 Å². The Morgan fingerprint density at radius 3 is 2.71 bits per heavy atom. The summed E-state index contributed by atoms with van der Waals surface area (Å²) in [5.74, 6) is 0.875. The lowest BCUT2D eigenvalue weighted by Gasteiger charge is -2.22. The highest BCUT2D eigenvalue weighted by Crippen LogP contribution is 2.41. The summed E-state index contributed by atoms with van der Waals surface area (Å²) in [5, 5.41) is 2.40. The van der Waals surface area contributed by atoms with Crippen molar-refractivity contribution in [3.8, 4) is 5.75 Å². The largest absolute Gasteiger partial charge is 0.481 e. The molecule has 0 saturated heterocycles. The normalized spacial score (nSPS) is 16.8. The highest BCUT2D eigenvalue weighted by atomic mass is 35.5. The Morgan fingerprint density at radius 2 is 1.90 bits per heavy atom. The number of hydrogen-bond acceptors (Lipinski definition) is 2. The number of fused-ring (bicyclic) bond motifs is 3. The van der Waals surface area contributed by atoms with Gasteiger partial charge >= 0.3 is 0 Å². The molecule has 4 rings (SSSR count). The fraction of sp³-hybridized carbons (Fsp3) is 0.0588. The Kier molecular flexibility index (Phi) is 3.18. The molecule has 0 bridgehead atoms. The summed E-state index contributed by atoms with van der Waals surface area (Å²) in [6.07, 6.45) is 3.95. The maximum absolute atomic E-state index is 6.22. The average molecular weight is 333 g/mol. The minimum Gasteiger partial charge on any atom is -0.481 e. The van der Waals surface area contributed by atoms with Crippen LogP contribution in [0.2, 0.25) is 8.67 Å². The second-order valence-electron chi connectivity index (χ2n) is 4.88. The Morgan fingerprint density at radius 1 is 1.05 bits per heavy atom. The molecule has 0 radical (unpaired) electrons. The van der Waals surface area contributed by atoms with Gasteiger partial charge in [0, 0.05) is 11.1 Å². The highest BCUT2D eigenvalue weighted by molar-refractivity contribution is 7.20. The number of hydrogen-bond donors (Lipinski definition) is 0. The minimum atomic E-state index is -0.185. The molecule has 0 fully saturated rings. The Labute approximate surface area is 136 Å². The first-order chi connectivity index (χ1) is 10.2. The van der Waals surface area contributed by atoms with Crippen molar-refractivity contribution in [1.82, 2.24) is 0 Å². The van der Waals surface area contributed by atoms with E-state index in [9.17, 15) is 0 Å². The summed E-state index contributed by atoms with van der Waals surface area (Å²) < 4.78 is 7.45. The Bertz CT molecular complexity index is 866. The number of ether oxygens (including phenoxy) is 1. The molecular formula is C17H10Cl2OS. The molecule has 2 heterocycles. The predicted molar refractivity (Wildman–Crippen MR) is 90.7 cm³/mol. The Hall–Kier alpha value is -1.48. The van der Waals surface area contributed by atoms with Crippen molar-refractivity contribution in [2.45, 2.75) is 6.10 Å². The van der Waals surface area contributed by atoms with Gasteiger partial charge in [0.25, 0.3) is 0 Å². The number of benzene rings is 2. The first-order valence-electron chi connectivity index (χ1n) is 6.54. The molecule has 0 spiro atoms. The van der Waals surface area contributed by atoms with Crippen LogP contribution in [0.25, 0.3) is 16.8 Å². The maximum atomic E-state index is 6.22. The third-order valence-electron chi connectivity index (χ3n) is 3.61. The standard InChI is InChI=1S/C17H10Cl2OS/c18-16-9-13(17(19)21-16)15-8-6-12-11-4-2-1-3-10(11)5-7-14(12)20-15/h1-9,15H. The Balaban J connectivity index is 1.80. The molecule has 21 heavy (non-hydrogen) atoms. The van der Waals surface area contributed by atoms with E-state index in [1.54, 1.807) is 0 Å². The first kappa shape index (κ1) is 13.2. The van der Waals surface area contributed by atoms with Gasteiger partial charge in [0.15, 0.2) is 0 Å². The molecule has 1 aliphatic rings. The van der Waals surface area contributed by atoms with Gasteiger partial charge in [-0.1, -0.05) is 59.6 Å². The molecule has 104 valence electrons. The summed E-state index contributed by atoms with van der Waals surface area (Å²) in [5.41, 5.74) is 2.03. The van der Waals surface area contributed by atoms with Crippen LogP contribution in [0.5, 0.6) is 5.75 Å². The van der Waals surface area contributed by atoms with E-state index < -0.39 is 0 Å². The van der Waals surface area contributed by atoms with E-state index in [-0.39, 0.29) is 6.10 Å². The van der Waals surface area contributed by atoms with Gasteiger partial charge in [-0.05, 0) is 29.0 Å². The monoisotopic (exact) mass is 332 g/mol. The molecule has 1 unspecified atom stereocenters. The smallest absolute Gasteiger partial charge is 0.145 e. The van der Waals surface area contributed by atoms with E-state index in [1.165, 1.54) is 22.1 Å². The van der Waals surface area contributed by atoms with Gasteiger partial charge in [-0.15, -0.1) is 11.3 Å². The van der Waals surface area contributed by atoms with Gasteiger partial charge in [0.2, 0.25) is 0 Å². The third-order valence-corrected chi connectivity index (χ3v) is 5.13. The SMILES string of the molecule is Clc1cc(C2C=Cc3c(ccc4ccccc34)O2)c(Cl)s1. The lowest BCUT2D eigenvalue weighted by molar-refractivity contribution is 0.253. The molecule has 1 aliphatic heterocycles. The molecule has 0 saturated carbocycles. The van der Waals surface area contributed by atoms with E-state index >= 15 is 0 Å². The molecule has 1 nitrogen and oxygen atoms in total. The van der Waals surface area contributed by atoms with Gasteiger partial charge in [0.1, 0.15) is 16.2 Å². The zero-order valence-corrected chi connectivity index (χ0v) is 13.2. The molecular weight excluding hydrogens is 323 g/mol. The number of thiophene rings is 1. The zero-order chi connectivity index (χ0) is 14.4. The molecule has 0 N–H and O–H groups in total. The van der Waals surface area contributed by atoms with Crippen LogP contribution in [0.15, 0.2) is 48.5 Å². The van der Waals surface area contributed by atoms with E-state index in [0.29, 0.717) is 8.67 Å². The topological polar surface area (TPSA) is 9.23 Å². The van der Waals surface area contributed by atoms with Crippen LogP contribution in [0.4, 0.5) is 0 Å². The third kappa shape index (κ3) is 2.24. The number of halogens is 2. The average Bonchev–Trinajstić information content (AvgIpc) is 2.85. The van der Waals surface area contributed by atoms with Gasteiger partial charge in [-0.2, -0.15) is 0 Å². The summed E-state index contributed by atoms with van der Waals surface area (Å²) in [6, 6.07) is 14.2. The van der Waals surface area contributed by atoms with Crippen LogP contribution in [0.1, 0.15) is 17.2 Å². The second kappa shape index (κ2) is 5.06. The maximum Gasteiger partial charge on any atom is 0.145 e. The van der Waals surface area contributed by atoms with Crippen molar-refractivity contribution in [3.63, 3.8) is 0 Å². The molecule has 0 amide bonds. The molecule has 0 aliphatic carbocycles. The fourth-order valence-corrected chi connectivity index (χ4v) is 4.15. The molecule has 1 atom stereocenters. The minimum absolute atomic E-state index is 0.185. The molecule has 1 aromatic heterocycles. The van der Waals surface area contributed by atoms with Crippen LogP contribution in [-0.4, -0.2) is 0 Å². The van der Waals surface area contributed by atoms with Crippen molar-refractivity contribution >= 4 is 51.4 Å². The first-order valence-corrected chi connectivity index (χ1v) is 8.11. The summed E-state index contributed by atoms with van der Waals surface area (Å²) >= 11 is 13.6. The van der Waals surface area contributed by atoms with Crippen LogP contribution in [0, 0.1) is 0 Å². The quantitative estimate of drug-likeness (QED) is 0.504.